The minimum atomic E-state index is -1.82. The van der Waals surface area contributed by atoms with Crippen LogP contribution in [0.2, 0.25) is 0 Å². The van der Waals surface area contributed by atoms with Gasteiger partial charge in [-0.1, -0.05) is 30.3 Å². The van der Waals surface area contributed by atoms with Gasteiger partial charge in [0.25, 0.3) is 0 Å². The standard InChI is InChI=1S/C27H25N3OS.C2H2O4/c31-26(21-7-14-28-15-8-21)24(25-6-1-2-13-29-25)11-18-30-16-9-20(10-17-30)23-5-3-4-22-12-19-32-27(22)23;3-1(4)2(5)6/h1-9,12-15,19,24H,10-11,16-18H2;(H,3,4)(H,5,6). The fourth-order valence-corrected chi connectivity index (χ4v) is 5.38. The topological polar surface area (TPSA) is 121 Å². The first-order valence-electron chi connectivity index (χ1n) is 12.1. The number of hydrogen-bond donors (Lipinski definition) is 2. The number of ketones is 1. The number of aromatic nitrogens is 2. The van der Waals surface area contributed by atoms with E-state index in [0.29, 0.717) is 5.56 Å². The van der Waals surface area contributed by atoms with Crippen molar-refractivity contribution < 1.29 is 24.6 Å². The predicted molar refractivity (Wildman–Crippen MR) is 146 cm³/mol. The van der Waals surface area contributed by atoms with Crippen LogP contribution in [-0.4, -0.2) is 62.4 Å². The van der Waals surface area contributed by atoms with E-state index >= 15 is 0 Å². The number of hydrogen-bond acceptors (Lipinski definition) is 7. The lowest BCUT2D eigenvalue weighted by Crippen LogP contribution is -2.31. The molecule has 1 atom stereocenters. The van der Waals surface area contributed by atoms with Crippen LogP contribution in [0.15, 0.2) is 84.6 Å². The summed E-state index contributed by atoms with van der Waals surface area (Å²) < 4.78 is 1.38. The third-order valence-electron chi connectivity index (χ3n) is 6.36. The van der Waals surface area contributed by atoms with E-state index in [9.17, 15) is 4.79 Å². The van der Waals surface area contributed by atoms with Crippen LogP contribution in [0, 0.1) is 0 Å². The highest BCUT2D eigenvalue weighted by molar-refractivity contribution is 7.17. The highest BCUT2D eigenvalue weighted by Gasteiger charge is 2.25. The van der Waals surface area contributed by atoms with E-state index in [1.54, 1.807) is 30.7 Å². The van der Waals surface area contributed by atoms with E-state index in [1.165, 1.54) is 21.2 Å². The highest BCUT2D eigenvalue weighted by Crippen LogP contribution is 2.33. The number of rotatable bonds is 7. The second kappa shape index (κ2) is 12.8. The van der Waals surface area contributed by atoms with Gasteiger partial charge in [-0.15, -0.1) is 11.3 Å². The Morgan fingerprint density at radius 2 is 1.74 bits per heavy atom. The number of carboxylic acid groups (broad SMARTS) is 2. The molecule has 3 aromatic heterocycles. The molecule has 0 fully saturated rings. The van der Waals surface area contributed by atoms with Gasteiger partial charge in [-0.05, 0) is 71.6 Å². The van der Waals surface area contributed by atoms with E-state index in [2.05, 4.69) is 50.6 Å². The molecular weight excluding hydrogens is 502 g/mol. The zero-order valence-electron chi connectivity index (χ0n) is 20.6. The molecule has 2 N–H and O–H groups in total. The number of fused-ring (bicyclic) bond motifs is 1. The summed E-state index contributed by atoms with van der Waals surface area (Å²) in [6.45, 7) is 2.78. The first-order valence-corrected chi connectivity index (χ1v) is 13.0. The third-order valence-corrected chi connectivity index (χ3v) is 7.32. The van der Waals surface area contributed by atoms with Crippen molar-refractivity contribution in [1.29, 1.82) is 0 Å². The number of benzene rings is 1. The Kier molecular flexibility index (Phi) is 9.07. The summed E-state index contributed by atoms with van der Waals surface area (Å²) in [4.78, 5) is 42.4. The molecule has 1 aromatic carbocycles. The smallest absolute Gasteiger partial charge is 0.414 e. The van der Waals surface area contributed by atoms with E-state index in [1.807, 2.05) is 29.5 Å². The summed E-state index contributed by atoms with van der Waals surface area (Å²) in [5.41, 5.74) is 4.34. The van der Waals surface area contributed by atoms with Gasteiger partial charge in [0.05, 0.1) is 11.6 Å². The number of carbonyl (C=O) groups is 3. The van der Waals surface area contributed by atoms with Crippen LogP contribution >= 0.6 is 11.3 Å². The van der Waals surface area contributed by atoms with Crippen molar-refractivity contribution in [3.8, 4) is 0 Å². The van der Waals surface area contributed by atoms with Gasteiger partial charge >= 0.3 is 11.9 Å². The largest absolute Gasteiger partial charge is 0.473 e. The Hall–Kier alpha value is -4.21. The summed E-state index contributed by atoms with van der Waals surface area (Å²) in [6.07, 6.45) is 9.26. The van der Waals surface area contributed by atoms with Crippen molar-refractivity contribution >= 4 is 44.7 Å². The van der Waals surface area contributed by atoms with Crippen LogP contribution < -0.4 is 0 Å². The van der Waals surface area contributed by atoms with Crippen LogP contribution in [0.4, 0.5) is 0 Å². The normalized spacial score (nSPS) is 14.2. The summed E-state index contributed by atoms with van der Waals surface area (Å²) >= 11 is 1.82. The van der Waals surface area contributed by atoms with Crippen molar-refractivity contribution in [2.24, 2.45) is 0 Å². The van der Waals surface area contributed by atoms with Crippen molar-refractivity contribution in [3.63, 3.8) is 0 Å². The van der Waals surface area contributed by atoms with Gasteiger partial charge in [0.2, 0.25) is 0 Å². The molecule has 5 rings (SSSR count). The molecule has 0 amide bonds. The van der Waals surface area contributed by atoms with Gasteiger partial charge in [-0.2, -0.15) is 0 Å². The fraction of sp³-hybridized carbons (Fsp3) is 0.207. The van der Waals surface area contributed by atoms with Gasteiger partial charge in [0, 0.05) is 41.9 Å². The van der Waals surface area contributed by atoms with Crippen molar-refractivity contribution in [3.05, 3.63) is 101 Å². The molecule has 0 saturated heterocycles. The SMILES string of the molecule is O=C(O)C(=O)O.O=C(c1ccncc1)C(CCN1CC=C(c2cccc3ccsc23)CC1)c1ccccn1. The molecule has 9 heteroatoms. The van der Waals surface area contributed by atoms with Crippen LogP contribution in [0.3, 0.4) is 0 Å². The molecular formula is C29H27N3O5S. The number of pyridine rings is 2. The van der Waals surface area contributed by atoms with Gasteiger partial charge in [-0.25, -0.2) is 9.59 Å². The lowest BCUT2D eigenvalue weighted by Gasteiger charge is -2.28. The van der Waals surface area contributed by atoms with Gasteiger partial charge in [-0.3, -0.25) is 19.7 Å². The molecule has 4 aromatic rings. The second-order valence-electron chi connectivity index (χ2n) is 8.73. The number of carbonyl (C=O) groups excluding carboxylic acids is 1. The van der Waals surface area contributed by atoms with Crippen LogP contribution in [0.1, 0.15) is 40.4 Å². The molecule has 194 valence electrons. The van der Waals surface area contributed by atoms with Crippen molar-refractivity contribution in [2.45, 2.75) is 18.8 Å². The zero-order valence-corrected chi connectivity index (χ0v) is 21.4. The molecule has 0 spiro atoms. The van der Waals surface area contributed by atoms with E-state index in [4.69, 9.17) is 19.8 Å². The molecule has 1 unspecified atom stereocenters. The van der Waals surface area contributed by atoms with E-state index < -0.39 is 11.9 Å². The Balaban J connectivity index is 0.000000505. The summed E-state index contributed by atoms with van der Waals surface area (Å²) in [6, 6.07) is 18.2. The lowest BCUT2D eigenvalue weighted by atomic mass is 9.91. The molecule has 0 saturated carbocycles. The zero-order chi connectivity index (χ0) is 26.9. The fourth-order valence-electron chi connectivity index (χ4n) is 4.43. The first-order chi connectivity index (χ1) is 18.4. The average Bonchev–Trinajstić information content (AvgIpc) is 3.44. The molecule has 0 aliphatic carbocycles. The molecule has 0 bridgehead atoms. The molecule has 0 radical (unpaired) electrons. The Labute approximate surface area is 223 Å². The lowest BCUT2D eigenvalue weighted by molar-refractivity contribution is -0.159. The molecule has 38 heavy (non-hydrogen) atoms. The number of nitrogens with zero attached hydrogens (tertiary/aromatic N) is 3. The Bertz CT molecular complexity index is 1420. The van der Waals surface area contributed by atoms with Crippen LogP contribution in [0.25, 0.3) is 15.7 Å². The summed E-state index contributed by atoms with van der Waals surface area (Å²) in [7, 11) is 0. The highest BCUT2D eigenvalue weighted by atomic mass is 32.1. The molecule has 1 aliphatic rings. The predicted octanol–water partition coefficient (Wildman–Crippen LogP) is 4.99. The maximum Gasteiger partial charge on any atom is 0.414 e. The maximum atomic E-state index is 13.3. The van der Waals surface area contributed by atoms with Gasteiger partial charge in [0.15, 0.2) is 5.78 Å². The minimum absolute atomic E-state index is 0.115. The van der Waals surface area contributed by atoms with E-state index in [-0.39, 0.29) is 11.7 Å². The molecule has 4 heterocycles. The van der Waals surface area contributed by atoms with Crippen molar-refractivity contribution in [2.75, 3.05) is 19.6 Å². The number of Topliss-reactive ketones (excluding diaryl/α,β-unsaturated/α-hetero) is 1. The van der Waals surface area contributed by atoms with Gasteiger partial charge < -0.3 is 10.2 Å². The molecule has 8 nitrogen and oxygen atoms in total. The quantitative estimate of drug-likeness (QED) is 0.254. The monoisotopic (exact) mass is 529 g/mol. The van der Waals surface area contributed by atoms with Gasteiger partial charge in [0.1, 0.15) is 0 Å². The minimum Gasteiger partial charge on any atom is -0.473 e. The number of aliphatic carboxylic acids is 2. The summed E-state index contributed by atoms with van der Waals surface area (Å²) in [5.74, 6) is -3.78. The Morgan fingerprint density at radius 1 is 0.947 bits per heavy atom. The second-order valence-corrected chi connectivity index (χ2v) is 9.65. The van der Waals surface area contributed by atoms with E-state index in [0.717, 1.165) is 38.2 Å². The summed E-state index contributed by atoms with van der Waals surface area (Å²) in [5, 5.41) is 18.3. The van der Waals surface area contributed by atoms with Crippen LogP contribution in [-0.2, 0) is 9.59 Å². The average molecular weight is 530 g/mol. The first kappa shape index (κ1) is 26.8. The number of carboxylic acids is 2. The van der Waals surface area contributed by atoms with Crippen LogP contribution in [0.5, 0.6) is 0 Å². The van der Waals surface area contributed by atoms with Crippen molar-refractivity contribution in [1.82, 2.24) is 14.9 Å². The maximum absolute atomic E-state index is 13.3. The number of thiophene rings is 1. The molecule has 1 aliphatic heterocycles. The third kappa shape index (κ3) is 6.76. The Morgan fingerprint density at radius 3 is 2.39 bits per heavy atom.